The molecule has 0 saturated carbocycles. The number of benzene rings is 1. The van der Waals surface area contributed by atoms with Crippen molar-refractivity contribution in [3.05, 3.63) is 48.2 Å². The molecule has 0 aliphatic carbocycles. The smallest absolute Gasteiger partial charge is 0.245 e. The van der Waals surface area contributed by atoms with Crippen molar-refractivity contribution in [1.82, 2.24) is 14.6 Å². The molecular formula is C13H11FN4O. The van der Waals surface area contributed by atoms with Crippen molar-refractivity contribution < 1.29 is 9.13 Å². The summed E-state index contributed by atoms with van der Waals surface area (Å²) < 4.78 is 20.4. The largest absolute Gasteiger partial charge is 0.435 e. The Labute approximate surface area is 108 Å². The Kier molecular flexibility index (Phi) is 2.56. The minimum Gasteiger partial charge on any atom is -0.435 e. The van der Waals surface area contributed by atoms with Crippen LogP contribution in [-0.4, -0.2) is 14.6 Å². The number of aromatic nitrogens is 3. The molecule has 2 N–H and O–H groups in total. The van der Waals surface area contributed by atoms with Crippen LogP contribution in [0.2, 0.25) is 0 Å². The lowest BCUT2D eigenvalue weighted by molar-refractivity contribution is 0.463. The number of fused-ring (bicyclic) bond motifs is 1. The molecule has 0 aliphatic heterocycles. The van der Waals surface area contributed by atoms with Gasteiger partial charge in [0.05, 0.1) is 11.4 Å². The second-order valence-electron chi connectivity index (χ2n) is 4.13. The molecule has 0 radical (unpaired) electrons. The third kappa shape index (κ3) is 2.08. The van der Waals surface area contributed by atoms with E-state index in [9.17, 15) is 4.39 Å². The fourth-order valence-corrected chi connectivity index (χ4v) is 1.80. The maximum Gasteiger partial charge on any atom is 0.245 e. The Morgan fingerprint density at radius 1 is 1.32 bits per heavy atom. The Bertz CT molecular complexity index is 753. The van der Waals surface area contributed by atoms with Crippen molar-refractivity contribution in [2.24, 2.45) is 0 Å². The van der Waals surface area contributed by atoms with Crippen LogP contribution in [0.4, 0.5) is 10.1 Å². The van der Waals surface area contributed by atoms with Gasteiger partial charge in [-0.25, -0.2) is 13.9 Å². The normalized spacial score (nSPS) is 10.8. The van der Waals surface area contributed by atoms with E-state index >= 15 is 0 Å². The van der Waals surface area contributed by atoms with Crippen molar-refractivity contribution in [3.63, 3.8) is 0 Å². The van der Waals surface area contributed by atoms with Gasteiger partial charge >= 0.3 is 0 Å². The molecule has 0 saturated heterocycles. The van der Waals surface area contributed by atoms with Crippen LogP contribution in [0.3, 0.4) is 0 Å². The average Bonchev–Trinajstić information content (AvgIpc) is 2.75. The summed E-state index contributed by atoms with van der Waals surface area (Å²) in [6.07, 6.45) is 3.27. The molecule has 0 bridgehead atoms. The van der Waals surface area contributed by atoms with E-state index in [0.717, 1.165) is 5.69 Å². The highest BCUT2D eigenvalue weighted by molar-refractivity contribution is 5.60. The molecule has 2 aromatic heterocycles. The van der Waals surface area contributed by atoms with Gasteiger partial charge in [0.15, 0.2) is 5.75 Å². The molecule has 0 atom stereocenters. The lowest BCUT2D eigenvalue weighted by atomic mass is 10.3. The number of anilines is 1. The highest BCUT2D eigenvalue weighted by Gasteiger charge is 2.10. The fraction of sp³-hybridized carbons (Fsp3) is 0.0769. The van der Waals surface area contributed by atoms with E-state index in [1.165, 1.54) is 18.2 Å². The molecule has 6 heteroatoms. The summed E-state index contributed by atoms with van der Waals surface area (Å²) in [6.45, 7) is 1.87. The minimum absolute atomic E-state index is 0.236. The standard InChI is InChI=1S/C13H11FN4O/c1-8-6-11-13(16-4-5-18(11)17-8)19-12-7-9(14)2-3-10(12)15/h2-7H,15H2,1H3. The summed E-state index contributed by atoms with van der Waals surface area (Å²) in [4.78, 5) is 4.13. The number of rotatable bonds is 2. The molecule has 0 fully saturated rings. The minimum atomic E-state index is -0.416. The van der Waals surface area contributed by atoms with E-state index in [2.05, 4.69) is 10.1 Å². The number of hydrogen-bond acceptors (Lipinski definition) is 4. The Balaban J connectivity index is 2.08. The van der Waals surface area contributed by atoms with Gasteiger partial charge < -0.3 is 10.5 Å². The number of hydrogen-bond donors (Lipinski definition) is 1. The first-order valence-corrected chi connectivity index (χ1v) is 5.67. The Morgan fingerprint density at radius 3 is 3.00 bits per heavy atom. The maximum atomic E-state index is 13.2. The van der Waals surface area contributed by atoms with Crippen LogP contribution in [-0.2, 0) is 0 Å². The zero-order valence-electron chi connectivity index (χ0n) is 10.2. The van der Waals surface area contributed by atoms with E-state index in [1.54, 1.807) is 16.9 Å². The summed E-state index contributed by atoms with van der Waals surface area (Å²) in [5.41, 5.74) is 7.63. The summed E-state index contributed by atoms with van der Waals surface area (Å²) in [5.74, 6) is 0.153. The first-order chi connectivity index (χ1) is 9.13. The van der Waals surface area contributed by atoms with E-state index in [4.69, 9.17) is 10.5 Å². The molecule has 96 valence electrons. The van der Waals surface area contributed by atoms with Gasteiger partial charge in [-0.2, -0.15) is 5.10 Å². The number of aryl methyl sites for hydroxylation is 1. The van der Waals surface area contributed by atoms with E-state index in [1.807, 2.05) is 13.0 Å². The highest BCUT2D eigenvalue weighted by atomic mass is 19.1. The van der Waals surface area contributed by atoms with Crippen molar-refractivity contribution in [2.75, 3.05) is 5.73 Å². The summed E-state index contributed by atoms with van der Waals surface area (Å²) in [5, 5.41) is 4.25. The van der Waals surface area contributed by atoms with Crippen molar-refractivity contribution in [1.29, 1.82) is 0 Å². The van der Waals surface area contributed by atoms with Crippen LogP contribution in [0, 0.1) is 12.7 Å². The van der Waals surface area contributed by atoms with Gasteiger partial charge in [0, 0.05) is 18.5 Å². The lowest BCUT2D eigenvalue weighted by Crippen LogP contribution is -1.97. The number of ether oxygens (including phenoxy) is 1. The predicted octanol–water partition coefficient (Wildman–Crippen LogP) is 2.55. The van der Waals surface area contributed by atoms with E-state index in [0.29, 0.717) is 17.1 Å². The van der Waals surface area contributed by atoms with Crippen LogP contribution in [0.15, 0.2) is 36.7 Å². The van der Waals surface area contributed by atoms with Crippen LogP contribution in [0.1, 0.15) is 5.69 Å². The monoisotopic (exact) mass is 258 g/mol. The third-order valence-electron chi connectivity index (χ3n) is 2.66. The number of nitrogen functional groups attached to an aromatic ring is 1. The van der Waals surface area contributed by atoms with Gasteiger partial charge in [-0.3, -0.25) is 0 Å². The van der Waals surface area contributed by atoms with Gasteiger partial charge in [-0.1, -0.05) is 0 Å². The predicted molar refractivity (Wildman–Crippen MR) is 68.6 cm³/mol. The molecule has 1 aromatic carbocycles. The quantitative estimate of drug-likeness (QED) is 0.717. The summed E-state index contributed by atoms with van der Waals surface area (Å²) in [7, 11) is 0. The first-order valence-electron chi connectivity index (χ1n) is 5.67. The van der Waals surface area contributed by atoms with Gasteiger partial charge in [-0.05, 0) is 25.1 Å². The van der Waals surface area contributed by atoms with Crippen molar-refractivity contribution in [2.45, 2.75) is 6.92 Å². The second-order valence-corrected chi connectivity index (χ2v) is 4.13. The molecule has 3 rings (SSSR count). The number of nitrogens with two attached hydrogens (primary N) is 1. The van der Waals surface area contributed by atoms with Gasteiger partial charge in [0.1, 0.15) is 11.3 Å². The molecule has 5 nitrogen and oxygen atoms in total. The average molecular weight is 258 g/mol. The second kappa shape index (κ2) is 4.24. The van der Waals surface area contributed by atoms with Gasteiger partial charge in [-0.15, -0.1) is 0 Å². The lowest BCUT2D eigenvalue weighted by Gasteiger charge is -2.08. The summed E-state index contributed by atoms with van der Waals surface area (Å²) in [6, 6.07) is 5.78. The third-order valence-corrected chi connectivity index (χ3v) is 2.66. The van der Waals surface area contributed by atoms with E-state index in [-0.39, 0.29) is 5.75 Å². The maximum absolute atomic E-state index is 13.2. The van der Waals surface area contributed by atoms with Crippen LogP contribution < -0.4 is 10.5 Å². The molecule has 2 heterocycles. The van der Waals surface area contributed by atoms with Gasteiger partial charge in [0.2, 0.25) is 5.88 Å². The van der Waals surface area contributed by atoms with E-state index < -0.39 is 5.82 Å². The van der Waals surface area contributed by atoms with Crippen LogP contribution >= 0.6 is 0 Å². The zero-order valence-corrected chi connectivity index (χ0v) is 10.2. The van der Waals surface area contributed by atoms with Gasteiger partial charge in [0.25, 0.3) is 0 Å². The molecule has 19 heavy (non-hydrogen) atoms. The number of nitrogens with zero attached hydrogens (tertiary/aromatic N) is 3. The molecular weight excluding hydrogens is 247 g/mol. The zero-order chi connectivity index (χ0) is 13.4. The first kappa shape index (κ1) is 11.5. The Morgan fingerprint density at radius 2 is 2.16 bits per heavy atom. The molecule has 0 amide bonds. The van der Waals surface area contributed by atoms with Crippen LogP contribution in [0.5, 0.6) is 11.6 Å². The Hall–Kier alpha value is -2.63. The topological polar surface area (TPSA) is 65.4 Å². The molecule has 3 aromatic rings. The van der Waals surface area contributed by atoms with Crippen molar-refractivity contribution >= 4 is 11.2 Å². The van der Waals surface area contributed by atoms with Crippen molar-refractivity contribution in [3.8, 4) is 11.6 Å². The molecule has 0 aliphatic rings. The fourth-order valence-electron chi connectivity index (χ4n) is 1.80. The SMILES string of the molecule is Cc1cc2c(Oc3cc(F)ccc3N)nccn2n1. The molecule has 0 spiro atoms. The number of halogens is 1. The van der Waals surface area contributed by atoms with Crippen LogP contribution in [0.25, 0.3) is 5.52 Å². The highest BCUT2D eigenvalue weighted by Crippen LogP contribution is 2.29. The summed E-state index contributed by atoms with van der Waals surface area (Å²) >= 11 is 0. The molecule has 0 unspecified atom stereocenters.